The molecule has 101 valence electrons. The molecule has 1 N–H and O–H groups in total. The molecule has 0 saturated heterocycles. The van der Waals surface area contributed by atoms with Crippen LogP contribution in [0, 0.1) is 10.1 Å². The van der Waals surface area contributed by atoms with Crippen molar-refractivity contribution in [3.8, 4) is 0 Å². The molecule has 0 bridgehead atoms. The molecule has 0 amide bonds. The quantitative estimate of drug-likeness (QED) is 0.513. The van der Waals surface area contributed by atoms with E-state index in [0.29, 0.717) is 6.54 Å². The van der Waals surface area contributed by atoms with Crippen LogP contribution in [-0.2, 0) is 11.4 Å². The van der Waals surface area contributed by atoms with Gasteiger partial charge in [0, 0.05) is 6.07 Å². The van der Waals surface area contributed by atoms with Crippen LogP contribution in [-0.4, -0.2) is 10.9 Å². The third-order valence-corrected chi connectivity index (χ3v) is 2.60. The highest BCUT2D eigenvalue weighted by Gasteiger charge is 2.30. The van der Waals surface area contributed by atoms with Gasteiger partial charge in [0.2, 0.25) is 5.56 Å². The fourth-order valence-corrected chi connectivity index (χ4v) is 1.64. The Kier molecular flexibility index (Phi) is 4.41. The predicted molar refractivity (Wildman–Crippen MR) is 71.8 cm³/mol. The zero-order valence-corrected chi connectivity index (χ0v) is 10.5. The van der Waals surface area contributed by atoms with Gasteiger partial charge in [-0.2, -0.15) is 4.84 Å². The van der Waals surface area contributed by atoms with E-state index >= 15 is 0 Å². The van der Waals surface area contributed by atoms with Gasteiger partial charge in [0.05, 0.1) is 16.3 Å². The molecule has 2 rings (SSSR count). The van der Waals surface area contributed by atoms with Crippen molar-refractivity contribution < 1.29 is 14.6 Å². The van der Waals surface area contributed by atoms with Gasteiger partial charge in [0.25, 0.3) is 5.69 Å². The number of nitrogens with zero attached hydrogens (tertiary/aromatic N) is 1. The summed E-state index contributed by atoms with van der Waals surface area (Å²) in [6.45, 7) is 0.327. The lowest BCUT2D eigenvalue weighted by Crippen LogP contribution is -2.20. The number of hydrogen-bond acceptors (Lipinski definition) is 5. The monoisotopic (exact) mass is 272 g/mol. The Hall–Kier alpha value is -2.73. The number of rotatable bonds is 5. The summed E-state index contributed by atoms with van der Waals surface area (Å²) < 4.78 is 0. The highest BCUT2D eigenvalue weighted by molar-refractivity contribution is 5.93. The zero-order chi connectivity index (χ0) is 14.4. The minimum atomic E-state index is -0.784. The Morgan fingerprint density at radius 1 is 1.15 bits per heavy atom. The average molecular weight is 272 g/mol. The van der Waals surface area contributed by atoms with Gasteiger partial charge in [0.15, 0.2) is 0 Å². The second-order valence-electron chi connectivity index (χ2n) is 3.97. The normalized spacial score (nSPS) is 10.0. The molecular formula is C14H12N2O4+. The van der Waals surface area contributed by atoms with Crippen molar-refractivity contribution in [2.24, 2.45) is 0 Å². The predicted octanol–water partition coefficient (Wildman–Crippen LogP) is 2.46. The van der Waals surface area contributed by atoms with Crippen molar-refractivity contribution in [3.05, 3.63) is 75.8 Å². The van der Waals surface area contributed by atoms with Gasteiger partial charge >= 0.3 is 5.97 Å². The lowest BCUT2D eigenvalue weighted by atomic mass is 10.2. The van der Waals surface area contributed by atoms with E-state index in [-0.39, 0.29) is 11.3 Å². The van der Waals surface area contributed by atoms with E-state index in [9.17, 15) is 14.9 Å². The van der Waals surface area contributed by atoms with Crippen molar-refractivity contribution in [3.63, 3.8) is 0 Å². The van der Waals surface area contributed by atoms with E-state index in [1.807, 2.05) is 30.3 Å². The highest BCUT2D eigenvalue weighted by Crippen LogP contribution is 2.18. The van der Waals surface area contributed by atoms with Crippen LogP contribution in [0.15, 0.2) is 54.6 Å². The van der Waals surface area contributed by atoms with Crippen LogP contribution in [0.1, 0.15) is 15.9 Å². The lowest BCUT2D eigenvalue weighted by molar-refractivity contribution is -0.385. The fraction of sp³-hybridized carbons (Fsp3) is 0.0714. The van der Waals surface area contributed by atoms with Crippen molar-refractivity contribution in [1.29, 1.82) is 0 Å². The van der Waals surface area contributed by atoms with Gasteiger partial charge < -0.3 is 0 Å². The van der Waals surface area contributed by atoms with Crippen molar-refractivity contribution in [2.45, 2.75) is 6.54 Å². The highest BCUT2D eigenvalue weighted by atomic mass is 16.7. The molecule has 0 aliphatic carbocycles. The first kappa shape index (κ1) is 13.7. The standard InChI is InChI=1S/C14H12N2O4/c17-14(12-8-4-5-9-13(12)16(18)19)20-15-10-11-6-2-1-3-7-11/h1-9,15H,10H2/q+1. The molecule has 0 unspecified atom stereocenters. The van der Waals surface area contributed by atoms with Crippen LogP contribution in [0.5, 0.6) is 0 Å². The SMILES string of the molecule is O=[N+]([O-])c1ccccc1C(=[O+])ONCc1ccccc1. The fourth-order valence-electron chi connectivity index (χ4n) is 1.64. The molecule has 0 atom stereocenters. The van der Waals surface area contributed by atoms with Gasteiger partial charge in [-0.05, 0) is 17.1 Å². The van der Waals surface area contributed by atoms with E-state index in [1.165, 1.54) is 18.2 Å². The number of nitro groups is 1. The molecule has 0 saturated carbocycles. The number of hydroxylamine groups is 1. The lowest BCUT2D eigenvalue weighted by Gasteiger charge is -1.98. The Bertz CT molecular complexity index is 614. The summed E-state index contributed by atoms with van der Waals surface area (Å²) in [5, 5.41) is 10.8. The van der Waals surface area contributed by atoms with Crippen LogP contribution < -0.4 is 5.48 Å². The first-order valence-electron chi connectivity index (χ1n) is 5.90. The molecule has 2 aromatic carbocycles. The molecule has 0 aliphatic rings. The molecule has 0 heterocycles. The van der Waals surface area contributed by atoms with E-state index < -0.39 is 10.9 Å². The third-order valence-electron chi connectivity index (χ3n) is 2.60. The third kappa shape index (κ3) is 3.39. The number of hydrogen-bond donors (Lipinski definition) is 1. The number of carbonyl (C=O) groups is 1. The first-order valence-corrected chi connectivity index (χ1v) is 5.90. The Morgan fingerprint density at radius 2 is 1.80 bits per heavy atom. The van der Waals surface area contributed by atoms with Gasteiger partial charge in [0.1, 0.15) is 0 Å². The number of benzene rings is 2. The maximum Gasteiger partial charge on any atom is 0.638 e. The molecule has 0 fully saturated rings. The molecule has 6 heteroatoms. The number of nitro benzene ring substituents is 1. The summed E-state index contributed by atoms with van der Waals surface area (Å²) >= 11 is 0. The van der Waals surface area contributed by atoms with Gasteiger partial charge in [-0.15, -0.1) is 0 Å². The summed E-state index contributed by atoms with van der Waals surface area (Å²) in [5.41, 5.74) is 3.06. The van der Waals surface area contributed by atoms with Crippen molar-refractivity contribution in [2.75, 3.05) is 0 Å². The van der Waals surface area contributed by atoms with Crippen LogP contribution >= 0.6 is 0 Å². The molecule has 6 nitrogen and oxygen atoms in total. The summed E-state index contributed by atoms with van der Waals surface area (Å²) in [4.78, 5) is 26.8. The summed E-state index contributed by atoms with van der Waals surface area (Å²) in [6, 6.07) is 15.0. The summed E-state index contributed by atoms with van der Waals surface area (Å²) in [6.07, 6.45) is 0. The number of nitrogens with one attached hydrogen (secondary N) is 1. The minimum absolute atomic E-state index is 0.0851. The molecular weight excluding hydrogens is 260 g/mol. The van der Waals surface area contributed by atoms with E-state index in [2.05, 4.69) is 5.48 Å². The average Bonchev–Trinajstić information content (AvgIpc) is 2.48. The van der Waals surface area contributed by atoms with E-state index in [0.717, 1.165) is 5.56 Å². The molecule has 0 aliphatic heterocycles. The maximum absolute atomic E-state index is 11.8. The summed E-state index contributed by atoms with van der Waals surface area (Å²) in [7, 11) is 0. The molecule has 2 aromatic rings. The van der Waals surface area contributed by atoms with Crippen LogP contribution in [0.4, 0.5) is 5.69 Å². The van der Waals surface area contributed by atoms with Crippen LogP contribution in [0.2, 0.25) is 0 Å². The molecule has 0 aromatic heterocycles. The van der Waals surface area contributed by atoms with Gasteiger partial charge in [-0.1, -0.05) is 42.5 Å². The van der Waals surface area contributed by atoms with Crippen LogP contribution in [0.3, 0.4) is 0 Å². The number of carbonyl (C=O) groups excluding carboxylic acids is 1. The smallest absolute Gasteiger partial charge is 0.258 e. The molecule has 1 radical (unpaired) electrons. The molecule has 0 spiro atoms. The Labute approximate surface area is 115 Å². The largest absolute Gasteiger partial charge is 0.638 e. The van der Waals surface area contributed by atoms with Crippen molar-refractivity contribution in [1.82, 2.24) is 5.48 Å². The van der Waals surface area contributed by atoms with Crippen molar-refractivity contribution >= 4 is 11.7 Å². The van der Waals surface area contributed by atoms with E-state index in [1.54, 1.807) is 6.07 Å². The van der Waals surface area contributed by atoms with E-state index in [4.69, 9.17) is 4.84 Å². The Morgan fingerprint density at radius 3 is 2.50 bits per heavy atom. The number of para-hydroxylation sites is 1. The summed E-state index contributed by atoms with van der Waals surface area (Å²) in [5.74, 6) is -0.784. The first-order chi connectivity index (χ1) is 9.68. The second-order valence-corrected chi connectivity index (χ2v) is 3.97. The van der Waals surface area contributed by atoms with Crippen LogP contribution in [0.25, 0.3) is 0 Å². The van der Waals surface area contributed by atoms with Gasteiger partial charge in [-0.3, -0.25) is 10.1 Å². The molecule has 20 heavy (non-hydrogen) atoms. The van der Waals surface area contributed by atoms with Gasteiger partial charge in [-0.25, -0.2) is 0 Å². The Balaban J connectivity index is 1.97. The second kappa shape index (κ2) is 6.44. The maximum atomic E-state index is 11.8. The topological polar surface area (TPSA) is 84.3 Å². The zero-order valence-electron chi connectivity index (χ0n) is 10.5. The minimum Gasteiger partial charge on any atom is -0.258 e.